The van der Waals surface area contributed by atoms with E-state index in [-0.39, 0.29) is 11.9 Å². The third-order valence-corrected chi connectivity index (χ3v) is 6.48. The lowest BCUT2D eigenvalue weighted by molar-refractivity contribution is 0.0193. The highest BCUT2D eigenvalue weighted by molar-refractivity contribution is 6.33. The summed E-state index contributed by atoms with van der Waals surface area (Å²) in [4.78, 5) is 2.43. The lowest BCUT2D eigenvalue weighted by atomic mass is 9.96. The molecule has 5 rings (SSSR count). The molecule has 34 heavy (non-hydrogen) atoms. The van der Waals surface area contributed by atoms with Gasteiger partial charge in [0.15, 0.2) is 5.76 Å². The molecule has 1 aliphatic rings. The van der Waals surface area contributed by atoms with Gasteiger partial charge in [-0.2, -0.15) is 0 Å². The molecule has 0 aliphatic carbocycles. The van der Waals surface area contributed by atoms with Gasteiger partial charge in [-0.05, 0) is 61.0 Å². The van der Waals surface area contributed by atoms with E-state index in [1.807, 2.05) is 60.7 Å². The Morgan fingerprint density at radius 1 is 1.00 bits per heavy atom. The number of halogens is 1. The maximum absolute atomic E-state index is 9.72. The van der Waals surface area contributed by atoms with Gasteiger partial charge < -0.3 is 14.4 Å². The molecule has 2 heterocycles. The summed E-state index contributed by atoms with van der Waals surface area (Å²) in [6.45, 7) is 5.33. The molecule has 5 nitrogen and oxygen atoms in total. The van der Waals surface area contributed by atoms with Crippen molar-refractivity contribution in [3.8, 4) is 45.2 Å². The smallest absolute Gasteiger partial charge is 0.175 e. The van der Waals surface area contributed by atoms with Crippen LogP contribution in [0.25, 0.3) is 33.7 Å². The predicted molar refractivity (Wildman–Crippen MR) is 135 cm³/mol. The van der Waals surface area contributed by atoms with Gasteiger partial charge in [-0.1, -0.05) is 60.4 Å². The van der Waals surface area contributed by atoms with Crippen molar-refractivity contribution in [2.45, 2.75) is 25.9 Å². The first-order valence-corrected chi connectivity index (χ1v) is 12.0. The molecule has 0 saturated carbocycles. The molecule has 0 amide bonds. The van der Waals surface area contributed by atoms with Crippen molar-refractivity contribution in [2.24, 2.45) is 0 Å². The number of likely N-dealkylation sites (tertiary alicyclic amines) is 1. The fourth-order valence-electron chi connectivity index (χ4n) is 4.26. The summed E-state index contributed by atoms with van der Waals surface area (Å²) in [6, 6.07) is 22.5. The molecule has 1 saturated heterocycles. The van der Waals surface area contributed by atoms with Gasteiger partial charge in [-0.15, -0.1) is 0 Å². The monoisotopic (exact) mass is 474 g/mol. The van der Waals surface area contributed by atoms with E-state index in [0.29, 0.717) is 16.5 Å². The van der Waals surface area contributed by atoms with Crippen LogP contribution in [0.2, 0.25) is 5.02 Å². The zero-order chi connectivity index (χ0) is 23.5. The summed E-state index contributed by atoms with van der Waals surface area (Å²) in [5.41, 5.74) is 4.09. The van der Waals surface area contributed by atoms with Gasteiger partial charge in [-0.3, -0.25) is 4.90 Å². The second-order valence-electron chi connectivity index (χ2n) is 8.64. The Kier molecular flexibility index (Phi) is 6.57. The Morgan fingerprint density at radius 3 is 2.41 bits per heavy atom. The van der Waals surface area contributed by atoms with Crippen molar-refractivity contribution < 1.29 is 14.4 Å². The first-order chi connectivity index (χ1) is 16.6. The van der Waals surface area contributed by atoms with E-state index < -0.39 is 0 Å². The minimum absolute atomic E-state index is 0.196. The number of aromatic hydroxyl groups is 1. The van der Waals surface area contributed by atoms with Crippen LogP contribution in [0.4, 0.5) is 0 Å². The van der Waals surface area contributed by atoms with Gasteiger partial charge in [0.2, 0.25) is 0 Å². The van der Waals surface area contributed by atoms with Crippen LogP contribution in [0, 0.1) is 0 Å². The van der Waals surface area contributed by atoms with E-state index in [4.69, 9.17) is 20.9 Å². The topological polar surface area (TPSA) is 58.7 Å². The normalized spacial score (nSPS) is 14.2. The van der Waals surface area contributed by atoms with Crippen LogP contribution >= 0.6 is 11.6 Å². The number of nitrogens with zero attached hydrogens (tertiary/aromatic N) is 2. The molecule has 1 fully saturated rings. The quantitative estimate of drug-likeness (QED) is 0.301. The Balaban J connectivity index is 1.44. The number of phenolic OH excluding ortho intramolecular Hbond substituents is 1. The van der Waals surface area contributed by atoms with Crippen LogP contribution in [0.5, 0.6) is 11.5 Å². The molecule has 0 radical (unpaired) electrons. The van der Waals surface area contributed by atoms with E-state index in [1.54, 1.807) is 12.1 Å². The number of benzene rings is 3. The largest absolute Gasteiger partial charge is 0.508 e. The summed E-state index contributed by atoms with van der Waals surface area (Å²) >= 11 is 6.50. The number of phenols is 1. The van der Waals surface area contributed by atoms with Crippen LogP contribution in [0.3, 0.4) is 0 Å². The molecule has 1 N–H and O–H groups in total. The summed E-state index contributed by atoms with van der Waals surface area (Å²) in [5.74, 6) is 1.67. The number of hydrogen-bond donors (Lipinski definition) is 1. The molecule has 6 heteroatoms. The molecular weight excluding hydrogens is 448 g/mol. The maximum Gasteiger partial charge on any atom is 0.175 e. The third kappa shape index (κ3) is 4.67. The van der Waals surface area contributed by atoms with Gasteiger partial charge in [0.05, 0.1) is 10.6 Å². The molecular formula is C28H27ClN2O3. The van der Waals surface area contributed by atoms with Crippen molar-refractivity contribution in [3.05, 3.63) is 77.8 Å². The van der Waals surface area contributed by atoms with Gasteiger partial charge in [0.1, 0.15) is 23.3 Å². The van der Waals surface area contributed by atoms with Crippen LogP contribution in [0.15, 0.2) is 77.3 Å². The molecule has 0 atom stereocenters. The molecule has 0 bridgehead atoms. The van der Waals surface area contributed by atoms with Crippen LogP contribution in [0.1, 0.15) is 19.8 Å². The molecule has 1 aromatic heterocycles. The summed E-state index contributed by atoms with van der Waals surface area (Å²) in [7, 11) is 0. The maximum atomic E-state index is 9.72. The SMILES string of the molecule is CCCCN1CC(Oc2ccc(-c3c(-c4ccccc4Cl)noc3-c3ccc(O)cc3)cc2)C1. The summed E-state index contributed by atoms with van der Waals surface area (Å²) in [6.07, 6.45) is 2.69. The highest BCUT2D eigenvalue weighted by Gasteiger charge is 2.28. The average Bonchev–Trinajstić information content (AvgIpc) is 3.26. The zero-order valence-corrected chi connectivity index (χ0v) is 19.8. The highest BCUT2D eigenvalue weighted by Crippen LogP contribution is 2.42. The fraction of sp³-hybridized carbons (Fsp3) is 0.250. The van der Waals surface area contributed by atoms with Crippen molar-refractivity contribution in [2.75, 3.05) is 19.6 Å². The minimum atomic E-state index is 0.196. The van der Waals surface area contributed by atoms with Crippen LogP contribution in [-0.2, 0) is 0 Å². The number of rotatable bonds is 8. The van der Waals surface area contributed by atoms with E-state index in [2.05, 4.69) is 17.0 Å². The molecule has 0 unspecified atom stereocenters. The minimum Gasteiger partial charge on any atom is -0.508 e. The number of hydrogen-bond acceptors (Lipinski definition) is 5. The van der Waals surface area contributed by atoms with E-state index in [9.17, 15) is 5.11 Å². The highest BCUT2D eigenvalue weighted by atomic mass is 35.5. The standard InChI is InChI=1S/C28H27ClN2O3/c1-2-3-16-31-17-23(18-31)33-22-14-10-19(11-15-22)26-27(24-6-4-5-7-25(24)29)30-34-28(26)20-8-12-21(32)13-9-20/h4-15,23,32H,2-3,16-18H2,1H3. The summed E-state index contributed by atoms with van der Waals surface area (Å²) < 4.78 is 12.0. The number of aromatic nitrogens is 1. The predicted octanol–water partition coefficient (Wildman–Crippen LogP) is 6.90. The Labute approximate surface area is 204 Å². The lowest BCUT2D eigenvalue weighted by Gasteiger charge is -2.39. The Morgan fingerprint density at radius 2 is 1.71 bits per heavy atom. The van der Waals surface area contributed by atoms with Gasteiger partial charge in [-0.25, -0.2) is 0 Å². The zero-order valence-electron chi connectivity index (χ0n) is 19.1. The second kappa shape index (κ2) is 9.92. The molecule has 1 aliphatic heterocycles. The molecule has 0 spiro atoms. The molecule has 4 aromatic rings. The van der Waals surface area contributed by atoms with Gasteiger partial charge in [0.25, 0.3) is 0 Å². The Bertz CT molecular complexity index is 1250. The second-order valence-corrected chi connectivity index (χ2v) is 9.05. The van der Waals surface area contributed by atoms with E-state index in [0.717, 1.165) is 47.6 Å². The van der Waals surface area contributed by atoms with E-state index in [1.165, 1.54) is 12.8 Å². The molecule has 174 valence electrons. The fourth-order valence-corrected chi connectivity index (χ4v) is 4.48. The number of unbranched alkanes of at least 4 members (excludes halogenated alkanes) is 1. The third-order valence-electron chi connectivity index (χ3n) is 6.15. The number of ether oxygens (including phenoxy) is 1. The van der Waals surface area contributed by atoms with Crippen LogP contribution in [-0.4, -0.2) is 40.9 Å². The average molecular weight is 475 g/mol. The lowest BCUT2D eigenvalue weighted by Crippen LogP contribution is -2.53. The van der Waals surface area contributed by atoms with Crippen LogP contribution < -0.4 is 4.74 Å². The van der Waals surface area contributed by atoms with Crippen molar-refractivity contribution in [1.82, 2.24) is 10.1 Å². The van der Waals surface area contributed by atoms with Crippen molar-refractivity contribution in [1.29, 1.82) is 0 Å². The van der Waals surface area contributed by atoms with E-state index >= 15 is 0 Å². The van der Waals surface area contributed by atoms with Gasteiger partial charge >= 0.3 is 0 Å². The molecule has 3 aromatic carbocycles. The first kappa shape index (κ1) is 22.5. The van der Waals surface area contributed by atoms with Crippen molar-refractivity contribution >= 4 is 11.6 Å². The first-order valence-electron chi connectivity index (χ1n) is 11.7. The summed E-state index contributed by atoms with van der Waals surface area (Å²) in [5, 5.41) is 14.7. The van der Waals surface area contributed by atoms with Gasteiger partial charge in [0, 0.05) is 24.2 Å². The Hall–Kier alpha value is -3.28. The van der Waals surface area contributed by atoms with Crippen molar-refractivity contribution in [3.63, 3.8) is 0 Å².